The summed E-state index contributed by atoms with van der Waals surface area (Å²) in [5.74, 6) is -0.193. The van der Waals surface area contributed by atoms with Crippen LogP contribution in [0.15, 0.2) is 6.20 Å². The Balaban J connectivity index is 2.48. The number of aromatic nitrogens is 2. The van der Waals surface area contributed by atoms with Crippen molar-refractivity contribution in [1.29, 1.82) is 5.26 Å². The third kappa shape index (κ3) is 1.74. The SMILES string of the molecule is CC1(C(F)C(F)F)OCc2cnc(C#N)nc21. The van der Waals surface area contributed by atoms with E-state index in [9.17, 15) is 13.2 Å². The highest BCUT2D eigenvalue weighted by Gasteiger charge is 2.49. The Bertz CT molecular complexity index is 488. The molecule has 2 heterocycles. The van der Waals surface area contributed by atoms with Crippen LogP contribution < -0.4 is 0 Å². The van der Waals surface area contributed by atoms with Crippen LogP contribution in [-0.4, -0.2) is 22.6 Å². The molecule has 17 heavy (non-hydrogen) atoms. The number of nitriles is 1. The van der Waals surface area contributed by atoms with Crippen molar-refractivity contribution in [3.63, 3.8) is 0 Å². The van der Waals surface area contributed by atoms with Crippen LogP contribution in [0.1, 0.15) is 24.0 Å². The van der Waals surface area contributed by atoms with Crippen LogP contribution >= 0.6 is 0 Å². The van der Waals surface area contributed by atoms with Crippen molar-refractivity contribution >= 4 is 0 Å². The van der Waals surface area contributed by atoms with Crippen LogP contribution in [-0.2, 0) is 16.9 Å². The van der Waals surface area contributed by atoms with Crippen LogP contribution in [0.4, 0.5) is 13.2 Å². The molecule has 0 fully saturated rings. The number of fused-ring (bicyclic) bond motifs is 1. The van der Waals surface area contributed by atoms with E-state index in [0.717, 1.165) is 0 Å². The average molecular weight is 243 g/mol. The van der Waals surface area contributed by atoms with Crippen molar-refractivity contribution in [3.05, 3.63) is 23.3 Å². The third-order valence-corrected chi connectivity index (χ3v) is 2.71. The van der Waals surface area contributed by atoms with Crippen LogP contribution in [0, 0.1) is 11.3 Å². The Morgan fingerprint density at radius 3 is 2.82 bits per heavy atom. The second-order valence-corrected chi connectivity index (χ2v) is 3.81. The third-order valence-electron chi connectivity index (χ3n) is 2.71. The first kappa shape index (κ1) is 11.8. The van der Waals surface area contributed by atoms with Gasteiger partial charge in [0.25, 0.3) is 6.43 Å². The molecule has 2 unspecified atom stereocenters. The largest absolute Gasteiger partial charge is 0.361 e. The molecule has 4 nitrogen and oxygen atoms in total. The van der Waals surface area contributed by atoms with Gasteiger partial charge in [-0.25, -0.2) is 23.1 Å². The summed E-state index contributed by atoms with van der Waals surface area (Å²) in [7, 11) is 0. The lowest BCUT2D eigenvalue weighted by atomic mass is 9.95. The molecule has 1 aromatic heterocycles. The molecule has 7 heteroatoms. The van der Waals surface area contributed by atoms with Crippen LogP contribution in [0.25, 0.3) is 0 Å². The molecule has 0 N–H and O–H groups in total. The van der Waals surface area contributed by atoms with E-state index in [1.807, 2.05) is 0 Å². The summed E-state index contributed by atoms with van der Waals surface area (Å²) in [6.07, 6.45) is -4.37. The second-order valence-electron chi connectivity index (χ2n) is 3.81. The van der Waals surface area contributed by atoms with Gasteiger partial charge in [0.15, 0.2) is 6.17 Å². The molecule has 90 valence electrons. The normalized spacial score (nSPS) is 24.5. The molecule has 0 spiro atoms. The van der Waals surface area contributed by atoms with Gasteiger partial charge in [-0.3, -0.25) is 0 Å². The highest BCUT2D eigenvalue weighted by atomic mass is 19.3. The second kappa shape index (κ2) is 3.96. The molecule has 2 rings (SSSR count). The van der Waals surface area contributed by atoms with Gasteiger partial charge in [-0.2, -0.15) is 5.26 Å². The van der Waals surface area contributed by atoms with Gasteiger partial charge in [-0.15, -0.1) is 0 Å². The Kier molecular flexibility index (Phi) is 2.75. The lowest BCUT2D eigenvalue weighted by molar-refractivity contribution is -0.127. The minimum atomic E-state index is -3.17. The molecule has 1 aliphatic heterocycles. The molecule has 0 amide bonds. The van der Waals surface area contributed by atoms with E-state index < -0.39 is 18.2 Å². The zero-order chi connectivity index (χ0) is 12.6. The molecule has 1 aliphatic rings. The summed E-state index contributed by atoms with van der Waals surface area (Å²) in [6.45, 7) is 1.16. The molecule has 0 aliphatic carbocycles. The minimum Gasteiger partial charge on any atom is -0.361 e. The fourth-order valence-corrected chi connectivity index (χ4v) is 1.74. The van der Waals surface area contributed by atoms with Gasteiger partial charge in [0.05, 0.1) is 12.3 Å². The quantitative estimate of drug-likeness (QED) is 0.793. The zero-order valence-electron chi connectivity index (χ0n) is 8.82. The number of alkyl halides is 3. The average Bonchev–Trinajstić information content (AvgIpc) is 2.66. The van der Waals surface area contributed by atoms with Gasteiger partial charge in [-0.05, 0) is 6.92 Å². The lowest BCUT2D eigenvalue weighted by Crippen LogP contribution is -2.39. The van der Waals surface area contributed by atoms with Gasteiger partial charge in [0.2, 0.25) is 5.82 Å². The summed E-state index contributed by atoms with van der Waals surface area (Å²) in [6, 6.07) is 1.67. The maximum Gasteiger partial charge on any atom is 0.272 e. The van der Waals surface area contributed by atoms with Crippen molar-refractivity contribution in [1.82, 2.24) is 9.97 Å². The van der Waals surface area contributed by atoms with Crippen molar-refractivity contribution in [2.45, 2.75) is 31.7 Å². The van der Waals surface area contributed by atoms with Gasteiger partial charge in [0.1, 0.15) is 11.7 Å². The summed E-state index contributed by atoms with van der Waals surface area (Å²) in [4.78, 5) is 7.43. The Morgan fingerprint density at radius 1 is 1.53 bits per heavy atom. The highest BCUT2D eigenvalue weighted by molar-refractivity contribution is 5.30. The molecule has 2 atom stereocenters. The molecule has 0 bridgehead atoms. The number of hydrogen-bond acceptors (Lipinski definition) is 4. The first-order chi connectivity index (χ1) is 7.99. The molecular formula is C10H8F3N3O. The fourth-order valence-electron chi connectivity index (χ4n) is 1.74. The Morgan fingerprint density at radius 2 is 2.24 bits per heavy atom. The van der Waals surface area contributed by atoms with Crippen molar-refractivity contribution < 1.29 is 17.9 Å². The summed E-state index contributed by atoms with van der Waals surface area (Å²) in [5, 5.41) is 8.63. The Labute approximate surface area is 95.1 Å². The number of nitrogens with zero attached hydrogens (tertiary/aromatic N) is 3. The van der Waals surface area contributed by atoms with Crippen molar-refractivity contribution in [2.75, 3.05) is 0 Å². The number of ether oxygens (including phenoxy) is 1. The van der Waals surface area contributed by atoms with E-state index in [1.54, 1.807) is 6.07 Å². The van der Waals surface area contributed by atoms with Crippen molar-refractivity contribution in [2.24, 2.45) is 0 Å². The minimum absolute atomic E-state index is 0.0249. The lowest BCUT2D eigenvalue weighted by Gasteiger charge is -2.26. The molecule has 0 radical (unpaired) electrons. The standard InChI is InChI=1S/C10H8F3N3O/c1-10(7(11)9(12)13)8-5(4-17-10)3-15-6(2-14)16-8/h3,7,9H,4H2,1H3. The van der Waals surface area contributed by atoms with E-state index in [1.165, 1.54) is 13.1 Å². The predicted molar refractivity (Wildman–Crippen MR) is 49.8 cm³/mol. The van der Waals surface area contributed by atoms with Crippen molar-refractivity contribution in [3.8, 4) is 6.07 Å². The van der Waals surface area contributed by atoms with Crippen LogP contribution in [0.5, 0.6) is 0 Å². The smallest absolute Gasteiger partial charge is 0.272 e. The van der Waals surface area contributed by atoms with Crippen LogP contribution in [0.2, 0.25) is 0 Å². The van der Waals surface area contributed by atoms with E-state index in [4.69, 9.17) is 10.00 Å². The van der Waals surface area contributed by atoms with Gasteiger partial charge >= 0.3 is 0 Å². The van der Waals surface area contributed by atoms with E-state index in [2.05, 4.69) is 9.97 Å². The molecule has 1 aromatic rings. The maximum absolute atomic E-state index is 13.5. The number of halogens is 3. The molecule has 0 saturated heterocycles. The summed E-state index contributed by atoms with van der Waals surface area (Å²) >= 11 is 0. The highest BCUT2D eigenvalue weighted by Crippen LogP contribution is 2.40. The van der Waals surface area contributed by atoms with Gasteiger partial charge in [-0.1, -0.05) is 0 Å². The monoisotopic (exact) mass is 243 g/mol. The zero-order valence-corrected chi connectivity index (χ0v) is 8.82. The number of rotatable bonds is 2. The maximum atomic E-state index is 13.5. The first-order valence-electron chi connectivity index (χ1n) is 4.81. The molecule has 0 aromatic carbocycles. The summed E-state index contributed by atoms with van der Waals surface area (Å²) < 4.78 is 43.5. The molecular weight excluding hydrogens is 235 g/mol. The predicted octanol–water partition coefficient (Wildman–Crippen LogP) is 1.70. The number of hydrogen-bond donors (Lipinski definition) is 0. The van der Waals surface area contributed by atoms with Crippen LogP contribution in [0.3, 0.4) is 0 Å². The van der Waals surface area contributed by atoms with E-state index in [-0.39, 0.29) is 18.1 Å². The van der Waals surface area contributed by atoms with E-state index >= 15 is 0 Å². The van der Waals surface area contributed by atoms with E-state index in [0.29, 0.717) is 5.56 Å². The van der Waals surface area contributed by atoms with Gasteiger partial charge in [0, 0.05) is 11.8 Å². The van der Waals surface area contributed by atoms with Gasteiger partial charge < -0.3 is 4.74 Å². The molecule has 0 saturated carbocycles. The first-order valence-corrected chi connectivity index (χ1v) is 4.81. The Hall–Kier alpha value is -1.68. The topological polar surface area (TPSA) is 58.8 Å². The summed E-state index contributed by atoms with van der Waals surface area (Å²) in [5.41, 5.74) is -1.37. The fraction of sp³-hybridized carbons (Fsp3) is 0.500.